The fourth-order valence-electron chi connectivity index (χ4n) is 2.13. The smallest absolute Gasteiger partial charge is 0.127 e. The van der Waals surface area contributed by atoms with Gasteiger partial charge in [0, 0.05) is 6.54 Å². The van der Waals surface area contributed by atoms with Crippen LogP contribution in [0.25, 0.3) is 0 Å². The van der Waals surface area contributed by atoms with Gasteiger partial charge < -0.3 is 4.74 Å². The highest BCUT2D eigenvalue weighted by Gasteiger charge is 2.13. The highest BCUT2D eigenvalue weighted by Crippen LogP contribution is 2.23. The molecule has 0 amide bonds. The third-order valence-electron chi connectivity index (χ3n) is 3.23. The molecular weight excluding hydrogens is 222 g/mol. The van der Waals surface area contributed by atoms with Gasteiger partial charge in [0.25, 0.3) is 0 Å². The third-order valence-corrected chi connectivity index (χ3v) is 3.23. The largest absolute Gasteiger partial charge is 0.457 e. The minimum atomic E-state index is 0.888. The molecule has 0 spiro atoms. The number of nitrogens with zero attached hydrogens (tertiary/aromatic N) is 1. The van der Waals surface area contributed by atoms with Crippen LogP contribution in [0.2, 0.25) is 0 Å². The molecule has 1 aliphatic heterocycles. The number of likely N-dealkylation sites (tertiary alicyclic amines) is 1. The number of ether oxygens (including phenoxy) is 1. The van der Waals surface area contributed by atoms with E-state index in [-0.39, 0.29) is 0 Å². The summed E-state index contributed by atoms with van der Waals surface area (Å²) in [4.78, 5) is 2.45. The van der Waals surface area contributed by atoms with Crippen molar-refractivity contribution < 1.29 is 4.74 Å². The van der Waals surface area contributed by atoms with Gasteiger partial charge in [-0.1, -0.05) is 30.3 Å². The standard InChI is InChI=1S/C16H17NO/c1-2-7-15(8-3-1)18-16-9-4-6-14(12-16)13-17-10-5-11-17/h1-4,6-9,12H,5,10-11,13H2. The van der Waals surface area contributed by atoms with Crippen molar-refractivity contribution in [2.75, 3.05) is 13.1 Å². The fourth-order valence-corrected chi connectivity index (χ4v) is 2.13. The van der Waals surface area contributed by atoms with Crippen LogP contribution in [0.15, 0.2) is 54.6 Å². The SMILES string of the molecule is c1ccc(Oc2cccc(CN3CCC3)c2)cc1. The number of benzene rings is 2. The zero-order chi connectivity index (χ0) is 12.2. The Morgan fingerprint density at radius 2 is 1.67 bits per heavy atom. The third kappa shape index (κ3) is 2.71. The first-order chi connectivity index (χ1) is 8.90. The normalized spacial score (nSPS) is 15.1. The molecule has 2 nitrogen and oxygen atoms in total. The maximum absolute atomic E-state index is 5.83. The fraction of sp³-hybridized carbons (Fsp3) is 0.250. The van der Waals surface area contributed by atoms with Crippen LogP contribution >= 0.6 is 0 Å². The average Bonchev–Trinajstić information content (AvgIpc) is 2.36. The Kier molecular flexibility index (Phi) is 3.29. The van der Waals surface area contributed by atoms with Crippen LogP contribution < -0.4 is 4.74 Å². The van der Waals surface area contributed by atoms with Crippen molar-refractivity contribution in [2.45, 2.75) is 13.0 Å². The van der Waals surface area contributed by atoms with Gasteiger partial charge in [-0.15, -0.1) is 0 Å². The van der Waals surface area contributed by atoms with Crippen molar-refractivity contribution >= 4 is 0 Å². The van der Waals surface area contributed by atoms with Crippen molar-refractivity contribution in [1.29, 1.82) is 0 Å². The van der Waals surface area contributed by atoms with Gasteiger partial charge >= 0.3 is 0 Å². The summed E-state index contributed by atoms with van der Waals surface area (Å²) in [6, 6.07) is 18.3. The van der Waals surface area contributed by atoms with Gasteiger partial charge in [-0.3, -0.25) is 4.90 Å². The molecule has 1 fully saturated rings. The molecule has 1 heterocycles. The average molecular weight is 239 g/mol. The number of rotatable bonds is 4. The van der Waals surface area contributed by atoms with E-state index in [1.54, 1.807) is 0 Å². The van der Waals surface area contributed by atoms with Gasteiger partial charge in [0.2, 0.25) is 0 Å². The Hall–Kier alpha value is -1.80. The van der Waals surface area contributed by atoms with Crippen molar-refractivity contribution in [3.05, 3.63) is 60.2 Å². The summed E-state index contributed by atoms with van der Waals surface area (Å²) in [5, 5.41) is 0. The lowest BCUT2D eigenvalue weighted by Crippen LogP contribution is -2.36. The first kappa shape index (κ1) is 11.3. The zero-order valence-corrected chi connectivity index (χ0v) is 10.4. The lowest BCUT2D eigenvalue weighted by molar-refractivity contribution is 0.172. The molecule has 2 aromatic carbocycles. The summed E-state index contributed by atoms with van der Waals surface area (Å²) in [6.45, 7) is 3.49. The van der Waals surface area contributed by atoms with Crippen LogP contribution in [0, 0.1) is 0 Å². The van der Waals surface area contributed by atoms with Crippen LogP contribution in [-0.2, 0) is 6.54 Å². The minimum Gasteiger partial charge on any atom is -0.457 e. The second-order valence-electron chi connectivity index (χ2n) is 4.69. The van der Waals surface area contributed by atoms with Gasteiger partial charge in [-0.25, -0.2) is 0 Å². The summed E-state index contributed by atoms with van der Waals surface area (Å²) in [5.74, 6) is 1.80. The molecule has 18 heavy (non-hydrogen) atoms. The molecule has 0 radical (unpaired) electrons. The molecule has 0 N–H and O–H groups in total. The second-order valence-corrected chi connectivity index (χ2v) is 4.69. The number of para-hydroxylation sites is 1. The maximum atomic E-state index is 5.83. The van der Waals surface area contributed by atoms with Crippen molar-refractivity contribution in [2.24, 2.45) is 0 Å². The predicted octanol–water partition coefficient (Wildman–Crippen LogP) is 3.68. The molecule has 92 valence electrons. The zero-order valence-electron chi connectivity index (χ0n) is 10.4. The quantitative estimate of drug-likeness (QED) is 0.807. The van der Waals surface area contributed by atoms with Crippen molar-refractivity contribution in [3.8, 4) is 11.5 Å². The Labute approximate surface area is 108 Å². The van der Waals surface area contributed by atoms with Crippen molar-refractivity contribution in [1.82, 2.24) is 4.90 Å². The molecular formula is C16H17NO. The second kappa shape index (κ2) is 5.23. The topological polar surface area (TPSA) is 12.5 Å². The van der Waals surface area contributed by atoms with E-state index in [9.17, 15) is 0 Å². The number of hydrogen-bond donors (Lipinski definition) is 0. The van der Waals surface area contributed by atoms with Gasteiger partial charge in [0.1, 0.15) is 11.5 Å². The Balaban J connectivity index is 1.70. The first-order valence-corrected chi connectivity index (χ1v) is 6.44. The lowest BCUT2D eigenvalue weighted by atomic mass is 10.1. The van der Waals surface area contributed by atoms with Crippen LogP contribution in [0.3, 0.4) is 0 Å². The van der Waals surface area contributed by atoms with Crippen molar-refractivity contribution in [3.63, 3.8) is 0 Å². The summed E-state index contributed by atoms with van der Waals surface area (Å²) in [7, 11) is 0. The number of hydrogen-bond acceptors (Lipinski definition) is 2. The summed E-state index contributed by atoms with van der Waals surface area (Å²) >= 11 is 0. The molecule has 2 aromatic rings. The van der Waals surface area contributed by atoms with E-state index in [2.05, 4.69) is 23.1 Å². The van der Waals surface area contributed by atoms with Gasteiger partial charge in [0.05, 0.1) is 0 Å². The predicted molar refractivity (Wildman–Crippen MR) is 72.9 cm³/mol. The molecule has 1 aliphatic rings. The molecule has 0 aliphatic carbocycles. The van der Waals surface area contributed by atoms with Gasteiger partial charge in [-0.2, -0.15) is 0 Å². The van der Waals surface area contributed by atoms with Gasteiger partial charge in [-0.05, 0) is 49.3 Å². The van der Waals surface area contributed by atoms with E-state index in [1.165, 1.54) is 25.1 Å². The molecule has 0 saturated carbocycles. The summed E-state index contributed by atoms with van der Waals surface area (Å²) in [6.07, 6.45) is 1.33. The maximum Gasteiger partial charge on any atom is 0.127 e. The van der Waals surface area contributed by atoms with E-state index < -0.39 is 0 Å². The van der Waals surface area contributed by atoms with Gasteiger partial charge in [0.15, 0.2) is 0 Å². The van der Waals surface area contributed by atoms with E-state index in [4.69, 9.17) is 4.74 Å². The first-order valence-electron chi connectivity index (χ1n) is 6.44. The highest BCUT2D eigenvalue weighted by molar-refractivity contribution is 5.33. The summed E-state index contributed by atoms with van der Waals surface area (Å²) < 4.78 is 5.83. The van der Waals surface area contributed by atoms with Crippen LogP contribution in [0.5, 0.6) is 11.5 Å². The Bertz CT molecular complexity index is 506. The van der Waals surface area contributed by atoms with E-state index in [0.29, 0.717) is 0 Å². The minimum absolute atomic E-state index is 0.888. The molecule has 1 saturated heterocycles. The van der Waals surface area contributed by atoms with Crippen LogP contribution in [0.4, 0.5) is 0 Å². The monoisotopic (exact) mass is 239 g/mol. The van der Waals surface area contributed by atoms with E-state index >= 15 is 0 Å². The van der Waals surface area contributed by atoms with Crippen LogP contribution in [-0.4, -0.2) is 18.0 Å². The van der Waals surface area contributed by atoms with E-state index in [1.807, 2.05) is 36.4 Å². The Morgan fingerprint density at radius 1 is 0.889 bits per heavy atom. The Morgan fingerprint density at radius 3 is 2.39 bits per heavy atom. The molecule has 0 unspecified atom stereocenters. The summed E-state index contributed by atoms with van der Waals surface area (Å²) in [5.41, 5.74) is 1.32. The molecule has 0 aromatic heterocycles. The molecule has 2 heteroatoms. The van der Waals surface area contributed by atoms with Crippen LogP contribution in [0.1, 0.15) is 12.0 Å². The molecule has 0 atom stereocenters. The molecule has 3 rings (SSSR count). The molecule has 0 bridgehead atoms. The lowest BCUT2D eigenvalue weighted by Gasteiger charge is -2.30. The highest BCUT2D eigenvalue weighted by atomic mass is 16.5. The van der Waals surface area contributed by atoms with E-state index in [0.717, 1.165) is 18.0 Å².